The first-order valence-electron chi connectivity index (χ1n) is 7.96. The largest absolute Gasteiger partial charge is 0.477 e. The Bertz CT molecular complexity index is 1030. The number of hydrogen-bond donors (Lipinski definition) is 3. The molecule has 3 rings (SSSR count). The van der Waals surface area contributed by atoms with Gasteiger partial charge in [0, 0.05) is 23.3 Å². The molecule has 0 aliphatic carbocycles. The van der Waals surface area contributed by atoms with Crippen LogP contribution in [0.25, 0.3) is 22.4 Å². The van der Waals surface area contributed by atoms with Gasteiger partial charge in [0.25, 0.3) is 11.3 Å². The first kappa shape index (κ1) is 19.2. The van der Waals surface area contributed by atoms with Crippen molar-refractivity contribution in [2.24, 2.45) is 7.05 Å². The minimum atomic E-state index is -2.17. The van der Waals surface area contributed by atoms with Gasteiger partial charge >= 0.3 is 5.97 Å². The molecule has 1 heterocycles. The smallest absolute Gasteiger partial charge is 0.353 e. The second-order valence-electron chi connectivity index (χ2n) is 6.00. The number of benzene rings is 2. The fraction of sp³-hybridized carbons (Fsp3) is 0.105. The third-order valence-electron chi connectivity index (χ3n) is 4.34. The molecule has 0 fully saturated rings. The average molecular weight is 405 g/mol. The summed E-state index contributed by atoms with van der Waals surface area (Å²) in [6.07, 6.45) is 0. The number of aromatic carboxylic acids is 1. The van der Waals surface area contributed by atoms with E-state index in [4.69, 9.17) is 16.2 Å². The molecule has 2 aromatic carbocycles. The van der Waals surface area contributed by atoms with Crippen LogP contribution in [0.5, 0.6) is 0 Å². The Kier molecular flexibility index (Phi) is 5.36. The molecule has 0 saturated carbocycles. The fourth-order valence-electron chi connectivity index (χ4n) is 3.25. The molecule has 0 spiro atoms. The van der Waals surface area contributed by atoms with Crippen molar-refractivity contribution in [2.75, 3.05) is 4.72 Å². The highest BCUT2D eigenvalue weighted by molar-refractivity contribution is 7.80. The molecular weight excluding hydrogens is 388 g/mol. The van der Waals surface area contributed by atoms with E-state index >= 15 is 0 Å². The number of anilines is 1. The van der Waals surface area contributed by atoms with Gasteiger partial charge in [0.1, 0.15) is 5.69 Å². The summed E-state index contributed by atoms with van der Waals surface area (Å²) < 4.78 is 23.8. The number of nitrogens with zero attached hydrogens (tertiary/aromatic N) is 1. The summed E-state index contributed by atoms with van der Waals surface area (Å²) in [5.41, 5.74) is 4.41. The van der Waals surface area contributed by atoms with Gasteiger partial charge in [0.2, 0.25) is 0 Å². The van der Waals surface area contributed by atoms with Crippen LogP contribution >= 0.6 is 11.6 Å². The third kappa shape index (κ3) is 3.75. The summed E-state index contributed by atoms with van der Waals surface area (Å²) in [6.45, 7) is 1.88. The molecule has 0 saturated heterocycles. The lowest BCUT2D eigenvalue weighted by atomic mass is 9.99. The quantitative estimate of drug-likeness (QED) is 0.543. The lowest BCUT2D eigenvalue weighted by molar-refractivity contribution is 0.0687. The number of rotatable bonds is 5. The molecular formula is C19H17ClN2O4S. The number of halogens is 1. The topological polar surface area (TPSA) is 91.6 Å². The van der Waals surface area contributed by atoms with Crippen LogP contribution in [0.4, 0.5) is 5.69 Å². The zero-order valence-electron chi connectivity index (χ0n) is 14.6. The summed E-state index contributed by atoms with van der Waals surface area (Å²) >= 11 is 3.80. The summed E-state index contributed by atoms with van der Waals surface area (Å²) in [5, 5.41) is 10.4. The molecule has 3 N–H and O–H groups in total. The van der Waals surface area contributed by atoms with Crippen molar-refractivity contribution in [2.45, 2.75) is 6.92 Å². The highest BCUT2D eigenvalue weighted by Crippen LogP contribution is 2.37. The first-order chi connectivity index (χ1) is 12.8. The van der Waals surface area contributed by atoms with Gasteiger partial charge in [-0.15, -0.1) is 0 Å². The van der Waals surface area contributed by atoms with E-state index in [-0.39, 0.29) is 5.69 Å². The van der Waals surface area contributed by atoms with Crippen LogP contribution in [0.2, 0.25) is 5.02 Å². The maximum Gasteiger partial charge on any atom is 0.353 e. The summed E-state index contributed by atoms with van der Waals surface area (Å²) in [6, 6.07) is 13.9. The van der Waals surface area contributed by atoms with Gasteiger partial charge in [-0.2, -0.15) is 0 Å². The molecule has 1 unspecified atom stereocenters. The zero-order valence-corrected chi connectivity index (χ0v) is 16.1. The van der Waals surface area contributed by atoms with E-state index < -0.39 is 17.2 Å². The summed E-state index contributed by atoms with van der Waals surface area (Å²) in [7, 11) is 1.72. The second kappa shape index (κ2) is 7.56. The zero-order chi connectivity index (χ0) is 19.7. The van der Waals surface area contributed by atoms with Gasteiger partial charge < -0.3 is 9.67 Å². The monoisotopic (exact) mass is 404 g/mol. The third-order valence-corrected chi connectivity index (χ3v) is 5.00. The number of carboxylic acid groups (broad SMARTS) is 1. The Morgan fingerprint density at radius 3 is 2.15 bits per heavy atom. The predicted octanol–water partition coefficient (Wildman–Crippen LogP) is 4.57. The molecule has 1 atom stereocenters. The lowest BCUT2D eigenvalue weighted by Gasteiger charge is -2.06. The van der Waals surface area contributed by atoms with Crippen molar-refractivity contribution in [1.29, 1.82) is 0 Å². The first-order valence-corrected chi connectivity index (χ1v) is 9.44. The van der Waals surface area contributed by atoms with Gasteiger partial charge in [-0.3, -0.25) is 9.27 Å². The molecule has 0 aliphatic heterocycles. The molecule has 140 valence electrons. The Morgan fingerprint density at radius 1 is 1.07 bits per heavy atom. The standard InChI is InChI=1S/C19H17ClN2O4S/c1-11-16(12-5-9-15(10-6-12)21-27(25)26)18(19(23)24)22(2)17(11)13-3-7-14(20)8-4-13/h3-10,21H,1-2H3,(H,23,24)(H,25,26). The van der Waals surface area contributed by atoms with Crippen molar-refractivity contribution in [1.82, 2.24) is 4.57 Å². The van der Waals surface area contributed by atoms with E-state index in [2.05, 4.69) is 4.72 Å². The van der Waals surface area contributed by atoms with Crippen molar-refractivity contribution in [3.8, 4) is 22.4 Å². The van der Waals surface area contributed by atoms with E-state index in [9.17, 15) is 14.1 Å². The van der Waals surface area contributed by atoms with Crippen LogP contribution < -0.4 is 4.72 Å². The minimum Gasteiger partial charge on any atom is -0.477 e. The van der Waals surface area contributed by atoms with Crippen molar-refractivity contribution >= 4 is 34.5 Å². The fourth-order valence-corrected chi connectivity index (χ4v) is 3.72. The maximum absolute atomic E-state index is 12.0. The van der Waals surface area contributed by atoms with Crippen LogP contribution in [-0.4, -0.2) is 24.4 Å². The van der Waals surface area contributed by atoms with Crippen molar-refractivity contribution in [3.63, 3.8) is 0 Å². The number of aromatic nitrogens is 1. The Hall–Kier alpha value is -2.61. The SMILES string of the molecule is Cc1c(-c2ccc(NS(=O)O)cc2)c(C(=O)O)n(C)c1-c1ccc(Cl)cc1. The van der Waals surface area contributed by atoms with Gasteiger partial charge in [0.15, 0.2) is 0 Å². The van der Waals surface area contributed by atoms with Gasteiger partial charge in [-0.1, -0.05) is 35.9 Å². The highest BCUT2D eigenvalue weighted by atomic mass is 35.5. The number of hydrogen-bond acceptors (Lipinski definition) is 2. The van der Waals surface area contributed by atoms with Gasteiger partial charge in [0.05, 0.1) is 5.69 Å². The Labute approximate surface area is 163 Å². The summed E-state index contributed by atoms with van der Waals surface area (Å²) in [5.74, 6) is -1.03. The molecule has 0 radical (unpaired) electrons. The average Bonchev–Trinajstić information content (AvgIpc) is 2.87. The number of carbonyl (C=O) groups is 1. The van der Waals surface area contributed by atoms with Crippen LogP contribution in [0, 0.1) is 6.92 Å². The minimum absolute atomic E-state index is 0.170. The molecule has 8 heteroatoms. The molecule has 1 aromatic heterocycles. The van der Waals surface area contributed by atoms with Crippen LogP contribution in [-0.2, 0) is 18.3 Å². The van der Waals surface area contributed by atoms with Crippen molar-refractivity contribution < 1.29 is 18.7 Å². The highest BCUT2D eigenvalue weighted by Gasteiger charge is 2.24. The molecule has 0 amide bonds. The van der Waals surface area contributed by atoms with Crippen molar-refractivity contribution in [3.05, 3.63) is 64.8 Å². The lowest BCUT2D eigenvalue weighted by Crippen LogP contribution is -2.07. The van der Waals surface area contributed by atoms with E-state index in [1.54, 1.807) is 48.0 Å². The van der Waals surface area contributed by atoms with Crippen LogP contribution in [0.1, 0.15) is 16.1 Å². The van der Waals surface area contributed by atoms with Crippen LogP contribution in [0.3, 0.4) is 0 Å². The molecule has 27 heavy (non-hydrogen) atoms. The Morgan fingerprint density at radius 2 is 1.63 bits per heavy atom. The molecule has 0 bridgehead atoms. The van der Waals surface area contributed by atoms with Gasteiger partial charge in [-0.25, -0.2) is 9.00 Å². The Balaban J connectivity index is 2.18. The van der Waals surface area contributed by atoms with E-state index in [1.165, 1.54) is 0 Å². The van der Waals surface area contributed by atoms with E-state index in [0.29, 0.717) is 21.8 Å². The summed E-state index contributed by atoms with van der Waals surface area (Å²) in [4.78, 5) is 12.0. The van der Waals surface area contributed by atoms with Gasteiger partial charge in [-0.05, 0) is 47.9 Å². The molecule has 0 aliphatic rings. The molecule has 3 aromatic rings. The van der Waals surface area contributed by atoms with E-state index in [0.717, 1.165) is 16.8 Å². The number of carboxylic acids is 1. The molecule has 6 nitrogen and oxygen atoms in total. The number of nitrogens with one attached hydrogen (secondary N) is 1. The second-order valence-corrected chi connectivity index (χ2v) is 7.14. The van der Waals surface area contributed by atoms with E-state index in [1.807, 2.05) is 19.1 Å². The predicted molar refractivity (Wildman–Crippen MR) is 107 cm³/mol. The maximum atomic E-state index is 12.0. The van der Waals surface area contributed by atoms with Crippen LogP contribution in [0.15, 0.2) is 48.5 Å². The normalized spacial score (nSPS) is 12.0.